The van der Waals surface area contributed by atoms with Crippen LogP contribution in [0.4, 0.5) is 0 Å². The molecule has 0 amide bonds. The fourth-order valence-corrected chi connectivity index (χ4v) is 3.61. The Morgan fingerprint density at radius 2 is 1.69 bits per heavy atom. The largest absolute Gasteiger partial charge is 0.367 e. The van der Waals surface area contributed by atoms with E-state index in [0.29, 0.717) is 11.1 Å². The summed E-state index contributed by atoms with van der Waals surface area (Å²) < 4.78 is 29.7. The van der Waals surface area contributed by atoms with Gasteiger partial charge >= 0.3 is 0 Å². The molecule has 2 aliphatic rings. The van der Waals surface area contributed by atoms with Gasteiger partial charge in [0.15, 0.2) is 6.10 Å². The van der Waals surface area contributed by atoms with Gasteiger partial charge in [-0.1, -0.05) is 30.3 Å². The van der Waals surface area contributed by atoms with Crippen molar-refractivity contribution in [3.8, 4) is 0 Å². The molecule has 0 unspecified atom stereocenters. The van der Waals surface area contributed by atoms with Gasteiger partial charge in [0.1, 0.15) is 12.2 Å². The van der Waals surface area contributed by atoms with Gasteiger partial charge in [-0.05, 0) is 41.4 Å². The van der Waals surface area contributed by atoms with Crippen LogP contribution in [0.15, 0.2) is 40.9 Å². The van der Waals surface area contributed by atoms with Crippen molar-refractivity contribution in [1.29, 1.82) is 0 Å². The van der Waals surface area contributed by atoms with Gasteiger partial charge in [0.2, 0.25) is 17.4 Å². The van der Waals surface area contributed by atoms with Gasteiger partial charge < -0.3 is 23.7 Å². The van der Waals surface area contributed by atoms with Crippen molar-refractivity contribution < 1.29 is 28.5 Å². The van der Waals surface area contributed by atoms with Crippen molar-refractivity contribution in [2.24, 2.45) is 0 Å². The summed E-state index contributed by atoms with van der Waals surface area (Å²) in [5.41, 5.74) is 1.03. The SMILES string of the molecule is CO[C@@]1(C)O[C@H]2[C@H](O[C@]1(C)OC)C(=O)C(Br)=C[C@H]2OCc1ccccc1. The molecule has 0 radical (unpaired) electrons. The standard InChI is InChI=1S/C19H23BrO6/c1-18(22-3)19(2,23-4)26-17-15(21)13(20)10-14(16(17)25-18)24-11-12-8-6-5-7-9-12/h5-10,14,16-17H,11H2,1-4H3/t14-,16-,17-,18+,19+/m1/s1. The van der Waals surface area contributed by atoms with E-state index < -0.39 is 29.9 Å². The highest BCUT2D eigenvalue weighted by molar-refractivity contribution is 9.12. The van der Waals surface area contributed by atoms with Crippen LogP contribution in [0.3, 0.4) is 0 Å². The lowest BCUT2D eigenvalue weighted by Gasteiger charge is -2.53. The maximum Gasteiger partial charge on any atom is 0.221 e. The average Bonchev–Trinajstić information content (AvgIpc) is 2.66. The summed E-state index contributed by atoms with van der Waals surface area (Å²) in [6, 6.07) is 9.80. The number of fused-ring (bicyclic) bond motifs is 1. The lowest BCUT2D eigenvalue weighted by atomic mass is 9.93. The highest BCUT2D eigenvalue weighted by atomic mass is 79.9. The van der Waals surface area contributed by atoms with Crippen LogP contribution in [0.1, 0.15) is 19.4 Å². The van der Waals surface area contributed by atoms with E-state index in [2.05, 4.69) is 15.9 Å². The molecule has 6 nitrogen and oxygen atoms in total. The Morgan fingerprint density at radius 3 is 2.31 bits per heavy atom. The molecule has 7 heteroatoms. The van der Waals surface area contributed by atoms with Gasteiger partial charge in [0, 0.05) is 14.2 Å². The predicted octanol–water partition coefficient (Wildman–Crippen LogP) is 2.94. The monoisotopic (exact) mass is 426 g/mol. The first-order chi connectivity index (χ1) is 12.3. The van der Waals surface area contributed by atoms with E-state index in [-0.39, 0.29) is 5.78 Å². The van der Waals surface area contributed by atoms with Gasteiger partial charge in [-0.25, -0.2) is 0 Å². The molecule has 0 spiro atoms. The molecule has 26 heavy (non-hydrogen) atoms. The van der Waals surface area contributed by atoms with Crippen molar-refractivity contribution in [2.75, 3.05) is 14.2 Å². The first kappa shape index (κ1) is 19.7. The van der Waals surface area contributed by atoms with Crippen LogP contribution in [-0.2, 0) is 35.1 Å². The van der Waals surface area contributed by atoms with E-state index in [1.807, 2.05) is 30.3 Å². The van der Waals surface area contributed by atoms with E-state index in [0.717, 1.165) is 5.56 Å². The number of ketones is 1. The number of benzene rings is 1. The topological polar surface area (TPSA) is 63.2 Å². The van der Waals surface area contributed by atoms with Crippen LogP contribution in [0, 0.1) is 0 Å². The molecule has 1 heterocycles. The van der Waals surface area contributed by atoms with Crippen molar-refractivity contribution in [2.45, 2.75) is 50.3 Å². The Labute approximate surface area is 161 Å². The number of rotatable bonds is 5. The minimum atomic E-state index is -1.24. The average molecular weight is 427 g/mol. The number of ether oxygens (including phenoxy) is 5. The minimum absolute atomic E-state index is 0.212. The molecule has 3 rings (SSSR count). The number of halogens is 1. The third-order valence-corrected chi connectivity index (χ3v) is 5.68. The lowest BCUT2D eigenvalue weighted by molar-refractivity contribution is -0.447. The Morgan fingerprint density at radius 1 is 1.08 bits per heavy atom. The maximum atomic E-state index is 12.6. The van der Waals surface area contributed by atoms with Crippen LogP contribution < -0.4 is 0 Å². The highest BCUT2D eigenvalue weighted by Gasteiger charge is 2.60. The molecule has 1 aromatic carbocycles. The molecule has 1 aliphatic heterocycles. The zero-order valence-electron chi connectivity index (χ0n) is 15.2. The third kappa shape index (κ3) is 3.40. The summed E-state index contributed by atoms with van der Waals surface area (Å²) in [6.07, 6.45) is -0.284. The quantitative estimate of drug-likeness (QED) is 0.720. The van der Waals surface area contributed by atoms with Crippen LogP contribution >= 0.6 is 15.9 Å². The van der Waals surface area contributed by atoms with Gasteiger partial charge in [-0.2, -0.15) is 0 Å². The third-order valence-electron chi connectivity index (χ3n) is 5.03. The number of carbonyl (C=O) groups is 1. The van der Waals surface area contributed by atoms with E-state index >= 15 is 0 Å². The fraction of sp³-hybridized carbons (Fsp3) is 0.526. The second-order valence-electron chi connectivity index (χ2n) is 6.56. The molecular formula is C19H23BrO6. The zero-order valence-corrected chi connectivity index (χ0v) is 16.8. The number of Topliss-reactive ketones (excluding diaryl/α,β-unsaturated/α-hetero) is 1. The van der Waals surface area contributed by atoms with Crippen LogP contribution in [0.25, 0.3) is 0 Å². The summed E-state index contributed by atoms with van der Waals surface area (Å²) in [5, 5.41) is 0. The second-order valence-corrected chi connectivity index (χ2v) is 7.41. The lowest BCUT2D eigenvalue weighted by Crippen LogP contribution is -2.69. The second kappa shape index (κ2) is 7.50. The van der Waals surface area contributed by atoms with Crippen LogP contribution in [0.2, 0.25) is 0 Å². The molecule has 0 aromatic heterocycles. The highest BCUT2D eigenvalue weighted by Crippen LogP contribution is 2.43. The molecular weight excluding hydrogens is 404 g/mol. The van der Waals surface area contributed by atoms with Crippen LogP contribution in [-0.4, -0.2) is 49.9 Å². The summed E-state index contributed by atoms with van der Waals surface area (Å²) in [6.45, 7) is 3.79. The molecule has 142 valence electrons. The van der Waals surface area contributed by atoms with Crippen molar-refractivity contribution in [1.82, 2.24) is 0 Å². The minimum Gasteiger partial charge on any atom is -0.367 e. The maximum absolute atomic E-state index is 12.6. The number of carbonyl (C=O) groups excluding carboxylic acids is 1. The Kier molecular flexibility index (Phi) is 5.67. The van der Waals surface area contributed by atoms with Crippen molar-refractivity contribution >= 4 is 21.7 Å². The Balaban J connectivity index is 1.86. The Hall–Kier alpha value is -1.09. The molecule has 0 saturated carbocycles. The molecule has 0 N–H and O–H groups in total. The van der Waals surface area contributed by atoms with E-state index in [4.69, 9.17) is 23.7 Å². The molecule has 1 saturated heterocycles. The molecule has 5 atom stereocenters. The van der Waals surface area contributed by atoms with Gasteiger partial charge in [-0.3, -0.25) is 4.79 Å². The normalized spacial score (nSPS) is 37.2. The van der Waals surface area contributed by atoms with E-state index in [1.165, 1.54) is 14.2 Å². The number of hydrogen-bond donors (Lipinski definition) is 0. The Bertz CT molecular complexity index is 693. The fourth-order valence-electron chi connectivity index (χ4n) is 3.12. The van der Waals surface area contributed by atoms with Crippen molar-refractivity contribution in [3.05, 3.63) is 46.5 Å². The first-order valence-electron chi connectivity index (χ1n) is 8.36. The number of methoxy groups -OCH3 is 2. The first-order valence-corrected chi connectivity index (χ1v) is 9.16. The van der Waals surface area contributed by atoms with Crippen molar-refractivity contribution in [3.63, 3.8) is 0 Å². The summed E-state index contributed by atoms with van der Waals surface area (Å²) in [5.74, 6) is -2.65. The van der Waals surface area contributed by atoms with Gasteiger partial charge in [0.25, 0.3) is 0 Å². The predicted molar refractivity (Wildman–Crippen MR) is 97.6 cm³/mol. The smallest absolute Gasteiger partial charge is 0.221 e. The van der Waals surface area contributed by atoms with Gasteiger partial charge in [-0.15, -0.1) is 0 Å². The number of hydrogen-bond acceptors (Lipinski definition) is 6. The molecule has 1 aromatic rings. The molecule has 0 bridgehead atoms. The van der Waals surface area contributed by atoms with E-state index in [9.17, 15) is 4.79 Å². The van der Waals surface area contributed by atoms with E-state index in [1.54, 1.807) is 19.9 Å². The van der Waals surface area contributed by atoms with Crippen LogP contribution in [0.5, 0.6) is 0 Å². The summed E-state index contributed by atoms with van der Waals surface area (Å²) >= 11 is 3.31. The molecule has 1 fully saturated rings. The summed E-state index contributed by atoms with van der Waals surface area (Å²) in [7, 11) is 3.00. The molecule has 1 aliphatic carbocycles. The summed E-state index contributed by atoms with van der Waals surface area (Å²) in [4.78, 5) is 12.6. The van der Waals surface area contributed by atoms with Gasteiger partial charge in [0.05, 0.1) is 11.1 Å². The zero-order chi connectivity index (χ0) is 18.9.